The molecule has 1 unspecified atom stereocenters. The average molecular weight is 396 g/mol. The predicted molar refractivity (Wildman–Crippen MR) is 109 cm³/mol. The summed E-state index contributed by atoms with van der Waals surface area (Å²) in [5, 5.41) is 6.59. The van der Waals surface area contributed by atoms with Crippen LogP contribution < -0.4 is 24.8 Å². The van der Waals surface area contributed by atoms with E-state index in [2.05, 4.69) is 15.6 Å². The van der Waals surface area contributed by atoms with E-state index in [9.17, 15) is 0 Å². The van der Waals surface area contributed by atoms with Crippen LogP contribution in [0.15, 0.2) is 17.1 Å². The van der Waals surface area contributed by atoms with Crippen LogP contribution >= 0.6 is 0 Å². The summed E-state index contributed by atoms with van der Waals surface area (Å²) in [6.07, 6.45) is 2.14. The van der Waals surface area contributed by atoms with E-state index < -0.39 is 0 Å². The number of nitrogens with zero attached hydrogens (tertiary/aromatic N) is 1. The molecule has 0 saturated carbocycles. The second kappa shape index (κ2) is 12.3. The molecule has 8 nitrogen and oxygen atoms in total. The van der Waals surface area contributed by atoms with E-state index in [0.717, 1.165) is 44.1 Å². The topological polar surface area (TPSA) is 82.6 Å². The molecule has 1 heterocycles. The predicted octanol–water partition coefficient (Wildman–Crippen LogP) is 1.96. The van der Waals surface area contributed by atoms with E-state index in [1.807, 2.05) is 19.1 Å². The third kappa shape index (κ3) is 6.76. The van der Waals surface area contributed by atoms with Gasteiger partial charge in [-0.1, -0.05) is 0 Å². The molecule has 1 fully saturated rings. The van der Waals surface area contributed by atoms with E-state index in [1.54, 1.807) is 21.3 Å². The van der Waals surface area contributed by atoms with Crippen LogP contribution in [0.2, 0.25) is 0 Å². The zero-order valence-electron chi connectivity index (χ0n) is 17.4. The zero-order valence-corrected chi connectivity index (χ0v) is 17.4. The van der Waals surface area contributed by atoms with Gasteiger partial charge in [-0.3, -0.25) is 0 Å². The van der Waals surface area contributed by atoms with Gasteiger partial charge in [0.1, 0.15) is 17.2 Å². The van der Waals surface area contributed by atoms with E-state index in [4.69, 9.17) is 23.7 Å². The summed E-state index contributed by atoms with van der Waals surface area (Å²) in [4.78, 5) is 4.66. The fraction of sp³-hybridized carbons (Fsp3) is 0.650. The van der Waals surface area contributed by atoms with Crippen molar-refractivity contribution in [2.24, 2.45) is 4.99 Å². The SMILES string of the molecule is CCNC(=NCc1c(OC)cc(OC)cc1OC)NCCCOC1CCOC1. The minimum Gasteiger partial charge on any atom is -0.496 e. The van der Waals surface area contributed by atoms with Crippen molar-refractivity contribution < 1.29 is 23.7 Å². The minimum absolute atomic E-state index is 0.247. The normalized spacial score (nSPS) is 16.7. The van der Waals surface area contributed by atoms with Crippen LogP contribution in [0.25, 0.3) is 0 Å². The van der Waals surface area contributed by atoms with Crippen molar-refractivity contribution in [3.63, 3.8) is 0 Å². The number of guanidine groups is 1. The summed E-state index contributed by atoms with van der Waals surface area (Å²) in [6.45, 7) is 6.23. The quantitative estimate of drug-likeness (QED) is 0.337. The lowest BCUT2D eigenvalue weighted by Gasteiger charge is -2.15. The maximum atomic E-state index is 5.79. The first-order valence-corrected chi connectivity index (χ1v) is 9.72. The maximum absolute atomic E-state index is 5.79. The zero-order chi connectivity index (χ0) is 20.2. The van der Waals surface area contributed by atoms with Gasteiger partial charge in [0.25, 0.3) is 0 Å². The molecule has 0 radical (unpaired) electrons. The standard InChI is InChI=1S/C20H33N3O5/c1-5-21-20(22-8-6-9-28-15-7-10-27-14-15)23-13-17-18(25-3)11-16(24-2)12-19(17)26-4/h11-12,15H,5-10,13-14H2,1-4H3,(H2,21,22,23). The highest BCUT2D eigenvalue weighted by Crippen LogP contribution is 2.34. The third-order valence-corrected chi connectivity index (χ3v) is 4.41. The highest BCUT2D eigenvalue weighted by molar-refractivity contribution is 5.79. The summed E-state index contributed by atoms with van der Waals surface area (Å²) in [5.74, 6) is 2.79. The molecule has 28 heavy (non-hydrogen) atoms. The van der Waals surface area contributed by atoms with Crippen LogP contribution in [0.5, 0.6) is 17.2 Å². The van der Waals surface area contributed by atoms with Crippen molar-refractivity contribution in [1.82, 2.24) is 10.6 Å². The molecule has 8 heteroatoms. The molecule has 0 aliphatic carbocycles. The van der Waals surface area contributed by atoms with Gasteiger partial charge >= 0.3 is 0 Å². The lowest BCUT2D eigenvalue weighted by atomic mass is 10.1. The van der Waals surface area contributed by atoms with Crippen LogP contribution in [0.4, 0.5) is 0 Å². The van der Waals surface area contributed by atoms with Gasteiger partial charge in [0.05, 0.1) is 46.1 Å². The molecule has 1 aromatic carbocycles. The lowest BCUT2D eigenvalue weighted by Crippen LogP contribution is -2.38. The van der Waals surface area contributed by atoms with E-state index in [-0.39, 0.29) is 6.10 Å². The average Bonchev–Trinajstić information content (AvgIpc) is 3.24. The number of nitrogens with one attached hydrogen (secondary N) is 2. The Morgan fingerprint density at radius 1 is 1.14 bits per heavy atom. The Morgan fingerprint density at radius 2 is 1.89 bits per heavy atom. The van der Waals surface area contributed by atoms with Crippen molar-refractivity contribution in [3.8, 4) is 17.2 Å². The van der Waals surface area contributed by atoms with Gasteiger partial charge in [0.2, 0.25) is 0 Å². The molecule has 1 atom stereocenters. The molecule has 2 N–H and O–H groups in total. The molecule has 1 aliphatic rings. The Morgan fingerprint density at radius 3 is 2.46 bits per heavy atom. The summed E-state index contributed by atoms with van der Waals surface area (Å²) >= 11 is 0. The number of methoxy groups -OCH3 is 3. The van der Waals surface area contributed by atoms with Gasteiger partial charge in [-0.15, -0.1) is 0 Å². The van der Waals surface area contributed by atoms with Crippen LogP contribution in [-0.4, -0.2) is 66.3 Å². The monoisotopic (exact) mass is 395 g/mol. The van der Waals surface area contributed by atoms with Gasteiger partial charge in [-0.2, -0.15) is 0 Å². The summed E-state index contributed by atoms with van der Waals surface area (Å²) in [6, 6.07) is 3.66. The Kier molecular flexibility index (Phi) is 9.71. The number of ether oxygens (including phenoxy) is 5. The largest absolute Gasteiger partial charge is 0.496 e. The smallest absolute Gasteiger partial charge is 0.191 e. The van der Waals surface area contributed by atoms with Crippen LogP contribution in [0, 0.1) is 0 Å². The molecule has 1 saturated heterocycles. The van der Waals surface area contributed by atoms with Crippen molar-refractivity contribution in [2.45, 2.75) is 32.4 Å². The van der Waals surface area contributed by atoms with Crippen LogP contribution in [0.1, 0.15) is 25.3 Å². The molecule has 0 bridgehead atoms. The summed E-state index contributed by atoms with van der Waals surface area (Å²) < 4.78 is 27.4. The van der Waals surface area contributed by atoms with Crippen molar-refractivity contribution in [2.75, 3.05) is 54.2 Å². The molecule has 158 valence electrons. The molecule has 2 rings (SSSR count). The molecule has 0 aromatic heterocycles. The highest BCUT2D eigenvalue weighted by atomic mass is 16.5. The van der Waals surface area contributed by atoms with Gasteiger partial charge in [-0.05, 0) is 19.8 Å². The van der Waals surface area contributed by atoms with Crippen molar-refractivity contribution in [3.05, 3.63) is 17.7 Å². The Labute approximate surface area is 167 Å². The van der Waals surface area contributed by atoms with Gasteiger partial charge in [-0.25, -0.2) is 4.99 Å². The van der Waals surface area contributed by atoms with E-state index in [0.29, 0.717) is 37.0 Å². The molecule has 0 amide bonds. The fourth-order valence-electron chi connectivity index (χ4n) is 2.91. The second-order valence-electron chi connectivity index (χ2n) is 6.34. The second-order valence-corrected chi connectivity index (χ2v) is 6.34. The Balaban J connectivity index is 1.91. The van der Waals surface area contributed by atoms with Crippen molar-refractivity contribution in [1.29, 1.82) is 0 Å². The molecular weight excluding hydrogens is 362 g/mol. The number of rotatable bonds is 11. The first kappa shape index (κ1) is 22.1. The number of hydrogen-bond acceptors (Lipinski definition) is 6. The first-order chi connectivity index (χ1) is 13.7. The van der Waals surface area contributed by atoms with E-state index in [1.165, 1.54) is 0 Å². The van der Waals surface area contributed by atoms with Gasteiger partial charge in [0.15, 0.2) is 5.96 Å². The van der Waals surface area contributed by atoms with Crippen LogP contribution in [-0.2, 0) is 16.0 Å². The van der Waals surface area contributed by atoms with Crippen LogP contribution in [0.3, 0.4) is 0 Å². The van der Waals surface area contributed by atoms with Crippen molar-refractivity contribution >= 4 is 5.96 Å². The van der Waals surface area contributed by atoms with Gasteiger partial charge < -0.3 is 34.3 Å². The molecule has 1 aliphatic heterocycles. The first-order valence-electron chi connectivity index (χ1n) is 9.72. The van der Waals surface area contributed by atoms with E-state index >= 15 is 0 Å². The summed E-state index contributed by atoms with van der Waals surface area (Å²) in [5.41, 5.74) is 0.868. The Hall–Kier alpha value is -2.19. The van der Waals surface area contributed by atoms with Gasteiger partial charge in [0, 0.05) is 38.4 Å². The number of aliphatic imine (C=N–C) groups is 1. The molecular formula is C20H33N3O5. The maximum Gasteiger partial charge on any atom is 0.191 e. The number of hydrogen-bond donors (Lipinski definition) is 2. The fourth-order valence-corrected chi connectivity index (χ4v) is 2.91. The lowest BCUT2D eigenvalue weighted by molar-refractivity contribution is 0.0420. The Bertz CT molecular complexity index is 593. The number of benzene rings is 1. The summed E-state index contributed by atoms with van der Waals surface area (Å²) in [7, 11) is 4.86. The third-order valence-electron chi connectivity index (χ3n) is 4.41. The molecule has 1 aromatic rings. The highest BCUT2D eigenvalue weighted by Gasteiger charge is 2.15. The molecule has 0 spiro atoms. The minimum atomic E-state index is 0.247.